The molecule has 144 valence electrons. The van der Waals surface area contributed by atoms with Crippen molar-refractivity contribution in [3.8, 4) is 5.75 Å². The van der Waals surface area contributed by atoms with Gasteiger partial charge in [0.25, 0.3) is 0 Å². The highest BCUT2D eigenvalue weighted by Crippen LogP contribution is 2.21. The van der Waals surface area contributed by atoms with E-state index in [2.05, 4.69) is 51.8 Å². The summed E-state index contributed by atoms with van der Waals surface area (Å²) in [6.07, 6.45) is 0. The normalized spacial score (nSPS) is 15.5. The predicted molar refractivity (Wildman–Crippen MR) is 106 cm³/mol. The van der Waals surface area contributed by atoms with Crippen LogP contribution >= 0.6 is 0 Å². The molecule has 0 saturated carbocycles. The first-order valence-corrected chi connectivity index (χ1v) is 9.42. The summed E-state index contributed by atoms with van der Waals surface area (Å²) >= 11 is 0. The van der Waals surface area contributed by atoms with E-state index in [0.717, 1.165) is 50.6 Å². The van der Waals surface area contributed by atoms with E-state index in [-0.39, 0.29) is 12.6 Å². The minimum absolute atomic E-state index is 0.0578. The van der Waals surface area contributed by atoms with Gasteiger partial charge < -0.3 is 9.47 Å². The van der Waals surface area contributed by atoms with Gasteiger partial charge in [0, 0.05) is 44.8 Å². The fraction of sp³-hybridized carbons (Fsp3) is 0.409. The lowest BCUT2D eigenvalue weighted by Gasteiger charge is -2.35. The van der Waals surface area contributed by atoms with Crippen LogP contribution in [-0.2, 0) is 22.6 Å². The van der Waals surface area contributed by atoms with Crippen LogP contribution in [0.5, 0.6) is 5.75 Å². The van der Waals surface area contributed by atoms with Crippen LogP contribution in [0.2, 0.25) is 0 Å². The van der Waals surface area contributed by atoms with E-state index >= 15 is 0 Å². The molecular formula is C22H28N2O3. The van der Waals surface area contributed by atoms with Crippen molar-refractivity contribution in [1.29, 1.82) is 0 Å². The maximum Gasteiger partial charge on any atom is 0.343 e. The van der Waals surface area contributed by atoms with Crippen molar-refractivity contribution in [2.75, 3.05) is 39.9 Å². The summed E-state index contributed by atoms with van der Waals surface area (Å²) in [4.78, 5) is 16.3. The molecule has 0 atom stereocenters. The van der Waals surface area contributed by atoms with Gasteiger partial charge in [-0.15, -0.1) is 0 Å². The van der Waals surface area contributed by atoms with E-state index < -0.39 is 0 Å². The fourth-order valence-corrected chi connectivity index (χ4v) is 3.35. The molecule has 0 bridgehead atoms. The molecule has 0 unspecified atom stereocenters. The number of ether oxygens (including phenoxy) is 2. The number of hydrogen-bond donors (Lipinski definition) is 0. The Bertz CT molecular complexity index is 755. The van der Waals surface area contributed by atoms with Crippen LogP contribution in [0, 0.1) is 6.92 Å². The Hall–Kier alpha value is -2.37. The lowest BCUT2D eigenvalue weighted by Crippen LogP contribution is -2.45. The van der Waals surface area contributed by atoms with Crippen LogP contribution in [-0.4, -0.2) is 55.7 Å². The van der Waals surface area contributed by atoms with Gasteiger partial charge in [-0.1, -0.05) is 42.5 Å². The van der Waals surface area contributed by atoms with E-state index in [1.165, 1.54) is 18.2 Å². The van der Waals surface area contributed by atoms with Crippen LogP contribution in [0.3, 0.4) is 0 Å². The molecule has 1 heterocycles. The number of hydrogen-bond acceptors (Lipinski definition) is 5. The zero-order chi connectivity index (χ0) is 19.1. The van der Waals surface area contributed by atoms with Crippen molar-refractivity contribution < 1.29 is 14.3 Å². The second-order valence-corrected chi connectivity index (χ2v) is 6.95. The number of methoxy groups -OCH3 is 1. The number of piperazine rings is 1. The van der Waals surface area contributed by atoms with Gasteiger partial charge in [-0.05, 0) is 24.1 Å². The number of para-hydroxylation sites is 1. The summed E-state index contributed by atoms with van der Waals surface area (Å²) in [5, 5.41) is 0. The van der Waals surface area contributed by atoms with Crippen molar-refractivity contribution >= 4 is 5.97 Å². The van der Waals surface area contributed by atoms with E-state index in [4.69, 9.17) is 4.74 Å². The molecule has 2 aromatic rings. The zero-order valence-electron chi connectivity index (χ0n) is 16.2. The Morgan fingerprint density at radius 2 is 1.44 bits per heavy atom. The maximum absolute atomic E-state index is 11.3. The van der Waals surface area contributed by atoms with Gasteiger partial charge >= 0.3 is 5.97 Å². The lowest BCUT2D eigenvalue weighted by molar-refractivity contribution is -0.142. The fourth-order valence-electron chi connectivity index (χ4n) is 3.35. The number of benzene rings is 2. The van der Waals surface area contributed by atoms with Crippen LogP contribution in [0.4, 0.5) is 0 Å². The molecule has 0 radical (unpaired) electrons. The Morgan fingerprint density at radius 3 is 2.07 bits per heavy atom. The number of esters is 1. The molecule has 1 aliphatic rings. The quantitative estimate of drug-likeness (QED) is 0.703. The van der Waals surface area contributed by atoms with E-state index in [1.807, 2.05) is 18.2 Å². The molecule has 5 nitrogen and oxygen atoms in total. The van der Waals surface area contributed by atoms with E-state index in [9.17, 15) is 4.79 Å². The third-order valence-corrected chi connectivity index (χ3v) is 5.06. The van der Waals surface area contributed by atoms with Gasteiger partial charge in [-0.2, -0.15) is 0 Å². The Labute approximate surface area is 161 Å². The standard InChI is InChI=1S/C22H28N2O3/c1-18-7-3-4-8-19(18)15-23-11-13-24(14-12-23)16-20-9-5-6-10-21(20)27-17-22(25)26-2/h3-10H,11-17H2,1-2H3. The molecule has 0 aliphatic carbocycles. The van der Waals surface area contributed by atoms with Gasteiger partial charge in [-0.3, -0.25) is 9.80 Å². The molecule has 0 amide bonds. The first-order valence-electron chi connectivity index (χ1n) is 9.42. The van der Waals surface area contributed by atoms with Crippen molar-refractivity contribution in [2.45, 2.75) is 20.0 Å². The number of carbonyl (C=O) groups excluding carboxylic acids is 1. The second-order valence-electron chi connectivity index (χ2n) is 6.95. The number of rotatable bonds is 7. The molecule has 0 spiro atoms. The Balaban J connectivity index is 1.52. The van der Waals surface area contributed by atoms with E-state index in [0.29, 0.717) is 0 Å². The summed E-state index contributed by atoms with van der Waals surface area (Å²) < 4.78 is 10.3. The summed E-state index contributed by atoms with van der Waals surface area (Å²) in [6.45, 7) is 8.12. The SMILES string of the molecule is COC(=O)COc1ccccc1CN1CCN(Cc2ccccc2C)CC1. The molecule has 5 heteroatoms. The molecule has 2 aromatic carbocycles. The highest BCUT2D eigenvalue weighted by atomic mass is 16.6. The van der Waals surface area contributed by atoms with Crippen molar-refractivity contribution in [1.82, 2.24) is 9.80 Å². The molecular weight excluding hydrogens is 340 g/mol. The average Bonchev–Trinajstić information content (AvgIpc) is 2.70. The first-order chi connectivity index (χ1) is 13.2. The van der Waals surface area contributed by atoms with Crippen LogP contribution < -0.4 is 4.74 Å². The summed E-state index contributed by atoms with van der Waals surface area (Å²) in [6, 6.07) is 16.5. The van der Waals surface area contributed by atoms with Gasteiger partial charge in [0.1, 0.15) is 5.75 Å². The minimum atomic E-state index is -0.366. The molecule has 0 N–H and O–H groups in total. The zero-order valence-corrected chi connectivity index (χ0v) is 16.2. The monoisotopic (exact) mass is 368 g/mol. The van der Waals surface area contributed by atoms with Crippen LogP contribution in [0.25, 0.3) is 0 Å². The third-order valence-electron chi connectivity index (χ3n) is 5.06. The number of nitrogens with zero attached hydrogens (tertiary/aromatic N) is 2. The van der Waals surface area contributed by atoms with Gasteiger partial charge in [-0.25, -0.2) is 4.79 Å². The molecule has 1 aliphatic heterocycles. The molecule has 1 fully saturated rings. The summed E-state index contributed by atoms with van der Waals surface area (Å²) in [7, 11) is 1.37. The third kappa shape index (κ3) is 5.55. The minimum Gasteiger partial charge on any atom is -0.482 e. The first kappa shape index (κ1) is 19.4. The van der Waals surface area contributed by atoms with Crippen molar-refractivity contribution in [2.24, 2.45) is 0 Å². The topological polar surface area (TPSA) is 42.0 Å². The van der Waals surface area contributed by atoms with E-state index in [1.54, 1.807) is 0 Å². The predicted octanol–water partition coefficient (Wildman–Crippen LogP) is 2.86. The summed E-state index contributed by atoms with van der Waals surface area (Å²) in [5.41, 5.74) is 3.87. The highest BCUT2D eigenvalue weighted by Gasteiger charge is 2.19. The molecule has 3 rings (SSSR count). The lowest BCUT2D eigenvalue weighted by atomic mass is 10.1. The Morgan fingerprint density at radius 1 is 0.889 bits per heavy atom. The molecule has 27 heavy (non-hydrogen) atoms. The van der Waals surface area contributed by atoms with Gasteiger partial charge in [0.2, 0.25) is 0 Å². The average molecular weight is 368 g/mol. The van der Waals surface area contributed by atoms with Crippen molar-refractivity contribution in [3.63, 3.8) is 0 Å². The van der Waals surface area contributed by atoms with Gasteiger partial charge in [0.05, 0.1) is 7.11 Å². The highest BCUT2D eigenvalue weighted by molar-refractivity contribution is 5.70. The second kappa shape index (κ2) is 9.53. The maximum atomic E-state index is 11.3. The van der Waals surface area contributed by atoms with Gasteiger partial charge in [0.15, 0.2) is 6.61 Å². The molecule has 1 saturated heterocycles. The Kier molecular flexibility index (Phi) is 6.85. The van der Waals surface area contributed by atoms with Crippen LogP contribution in [0.1, 0.15) is 16.7 Å². The largest absolute Gasteiger partial charge is 0.482 e. The number of carbonyl (C=O) groups is 1. The smallest absolute Gasteiger partial charge is 0.343 e. The van der Waals surface area contributed by atoms with Crippen molar-refractivity contribution in [3.05, 3.63) is 65.2 Å². The summed E-state index contributed by atoms with van der Waals surface area (Å²) in [5.74, 6) is 0.389. The molecule has 0 aromatic heterocycles. The number of aryl methyl sites for hydroxylation is 1. The van der Waals surface area contributed by atoms with Crippen LogP contribution in [0.15, 0.2) is 48.5 Å².